The van der Waals surface area contributed by atoms with E-state index < -0.39 is 0 Å². The van der Waals surface area contributed by atoms with Gasteiger partial charge in [-0.15, -0.1) is 11.8 Å². The van der Waals surface area contributed by atoms with Gasteiger partial charge in [-0.2, -0.15) is 0 Å². The molecule has 88 valence electrons. The lowest BCUT2D eigenvalue weighted by Gasteiger charge is -2.14. The Morgan fingerprint density at radius 1 is 1.62 bits per heavy atom. The predicted molar refractivity (Wildman–Crippen MR) is 68.1 cm³/mol. The van der Waals surface area contributed by atoms with Gasteiger partial charge < -0.3 is 5.73 Å². The Balaban J connectivity index is 2.85. The van der Waals surface area contributed by atoms with Crippen LogP contribution in [0.25, 0.3) is 0 Å². The van der Waals surface area contributed by atoms with Crippen LogP contribution in [0, 0.1) is 0 Å². The molecule has 0 radical (unpaired) electrons. The molecule has 0 saturated carbocycles. The number of hydrazine groups is 1. The van der Waals surface area contributed by atoms with Gasteiger partial charge in [-0.1, -0.05) is 18.5 Å². The third-order valence-corrected chi connectivity index (χ3v) is 3.72. The summed E-state index contributed by atoms with van der Waals surface area (Å²) in [6.45, 7) is 1.91. The van der Waals surface area contributed by atoms with Gasteiger partial charge in [0.05, 0.1) is 5.25 Å². The molecule has 0 aliphatic carbocycles. The zero-order chi connectivity index (χ0) is 12.1. The van der Waals surface area contributed by atoms with Crippen LogP contribution in [-0.4, -0.2) is 11.2 Å². The van der Waals surface area contributed by atoms with Crippen LogP contribution in [0.1, 0.15) is 13.3 Å². The fraction of sp³-hybridized carbons (Fsp3) is 0.300. The van der Waals surface area contributed by atoms with E-state index in [-0.39, 0.29) is 11.2 Å². The summed E-state index contributed by atoms with van der Waals surface area (Å²) in [5, 5.41) is 0.338. The van der Waals surface area contributed by atoms with Gasteiger partial charge in [-0.05, 0) is 24.6 Å². The van der Waals surface area contributed by atoms with E-state index >= 15 is 0 Å². The Morgan fingerprint density at radius 3 is 2.88 bits per heavy atom. The summed E-state index contributed by atoms with van der Waals surface area (Å²) in [6, 6.07) is 5.18. The van der Waals surface area contributed by atoms with Gasteiger partial charge in [0, 0.05) is 15.6 Å². The number of anilines is 1. The molecule has 6 heteroatoms. The van der Waals surface area contributed by atoms with Gasteiger partial charge in [0.1, 0.15) is 0 Å². The number of amides is 1. The molecular formula is C10H14ClN3OS. The van der Waals surface area contributed by atoms with Crippen molar-refractivity contribution in [3.8, 4) is 0 Å². The van der Waals surface area contributed by atoms with E-state index in [1.807, 2.05) is 6.92 Å². The number of benzene rings is 1. The molecule has 1 unspecified atom stereocenters. The third-order valence-electron chi connectivity index (χ3n) is 2.05. The molecule has 5 N–H and O–H groups in total. The van der Waals surface area contributed by atoms with Crippen LogP contribution in [0.4, 0.5) is 5.69 Å². The fourth-order valence-electron chi connectivity index (χ4n) is 1.18. The largest absolute Gasteiger partial charge is 0.398 e. The first kappa shape index (κ1) is 13.2. The minimum atomic E-state index is -0.259. The number of thioether (sulfide) groups is 1. The highest BCUT2D eigenvalue weighted by Crippen LogP contribution is 2.32. The Labute approximate surface area is 104 Å². The standard InChI is InChI=1S/C10H14ClN3OS/c1-2-8(10(15)14-13)16-9-5-6(11)3-4-7(9)12/h3-5,8H,2,12-13H2,1H3,(H,14,15). The highest BCUT2D eigenvalue weighted by molar-refractivity contribution is 8.00. The lowest BCUT2D eigenvalue weighted by atomic mass is 10.3. The number of halogens is 1. The van der Waals surface area contributed by atoms with E-state index in [1.54, 1.807) is 18.2 Å². The first-order valence-corrected chi connectivity index (χ1v) is 6.06. The third kappa shape index (κ3) is 3.30. The molecule has 0 heterocycles. The minimum absolute atomic E-state index is 0.216. The van der Waals surface area contributed by atoms with Crippen molar-refractivity contribution >= 4 is 35.0 Å². The van der Waals surface area contributed by atoms with Crippen molar-refractivity contribution in [1.29, 1.82) is 0 Å². The molecule has 0 aromatic heterocycles. The Bertz CT molecular complexity index is 386. The monoisotopic (exact) mass is 259 g/mol. The molecule has 16 heavy (non-hydrogen) atoms. The summed E-state index contributed by atoms with van der Waals surface area (Å²) < 4.78 is 0. The van der Waals surface area contributed by atoms with Crippen molar-refractivity contribution in [2.45, 2.75) is 23.5 Å². The summed E-state index contributed by atoms with van der Waals surface area (Å²) >= 11 is 7.22. The lowest BCUT2D eigenvalue weighted by molar-refractivity contribution is -0.120. The lowest BCUT2D eigenvalue weighted by Crippen LogP contribution is -2.37. The van der Waals surface area contributed by atoms with Crippen molar-refractivity contribution in [3.05, 3.63) is 23.2 Å². The number of carbonyl (C=O) groups excluding carboxylic acids is 1. The predicted octanol–water partition coefficient (Wildman–Crippen LogP) is 1.78. The SMILES string of the molecule is CCC(Sc1cc(Cl)ccc1N)C(=O)NN. The van der Waals surface area contributed by atoms with Crippen molar-refractivity contribution in [3.63, 3.8) is 0 Å². The average Bonchev–Trinajstić information content (AvgIpc) is 2.29. The van der Waals surface area contributed by atoms with Crippen LogP contribution in [0.2, 0.25) is 5.02 Å². The Kier molecular flexibility index (Phi) is 4.92. The molecule has 1 aromatic carbocycles. The number of nitrogen functional groups attached to an aromatic ring is 1. The van der Waals surface area contributed by atoms with Crippen LogP contribution in [0.5, 0.6) is 0 Å². The summed E-state index contributed by atoms with van der Waals surface area (Å²) in [5.41, 5.74) is 8.54. The molecule has 0 spiro atoms. The van der Waals surface area contributed by atoms with E-state index in [1.165, 1.54) is 11.8 Å². The number of hydrogen-bond acceptors (Lipinski definition) is 4. The number of hydrogen-bond donors (Lipinski definition) is 3. The topological polar surface area (TPSA) is 81.1 Å². The molecule has 0 fully saturated rings. The molecule has 0 saturated heterocycles. The second kappa shape index (κ2) is 5.98. The molecule has 1 aromatic rings. The van der Waals surface area contributed by atoms with E-state index in [4.69, 9.17) is 23.2 Å². The number of nitrogens with one attached hydrogen (secondary N) is 1. The molecule has 0 bridgehead atoms. The van der Waals surface area contributed by atoms with E-state index in [0.29, 0.717) is 17.1 Å². The highest BCUT2D eigenvalue weighted by Gasteiger charge is 2.17. The summed E-state index contributed by atoms with van der Waals surface area (Å²) in [7, 11) is 0. The molecule has 0 aliphatic heterocycles. The number of carbonyl (C=O) groups is 1. The zero-order valence-corrected chi connectivity index (χ0v) is 10.4. The van der Waals surface area contributed by atoms with Crippen molar-refractivity contribution in [1.82, 2.24) is 5.43 Å². The number of nitrogens with two attached hydrogens (primary N) is 2. The van der Waals surface area contributed by atoms with Gasteiger partial charge in [0.25, 0.3) is 0 Å². The molecule has 1 rings (SSSR count). The molecule has 1 amide bonds. The average molecular weight is 260 g/mol. The first-order chi connectivity index (χ1) is 7.58. The van der Waals surface area contributed by atoms with E-state index in [9.17, 15) is 4.79 Å². The van der Waals surface area contributed by atoms with Gasteiger partial charge in [0.15, 0.2) is 0 Å². The second-order valence-electron chi connectivity index (χ2n) is 3.21. The quantitative estimate of drug-likeness (QED) is 0.253. The van der Waals surface area contributed by atoms with Gasteiger partial charge in [0.2, 0.25) is 5.91 Å². The van der Waals surface area contributed by atoms with E-state index in [0.717, 1.165) is 4.90 Å². The van der Waals surface area contributed by atoms with Crippen LogP contribution in [0.3, 0.4) is 0 Å². The van der Waals surface area contributed by atoms with Crippen molar-refractivity contribution < 1.29 is 4.79 Å². The normalized spacial score (nSPS) is 12.2. The second-order valence-corrected chi connectivity index (χ2v) is 4.89. The highest BCUT2D eigenvalue weighted by atomic mass is 35.5. The molecule has 1 atom stereocenters. The van der Waals surface area contributed by atoms with Gasteiger partial charge >= 0.3 is 0 Å². The van der Waals surface area contributed by atoms with Gasteiger partial charge in [-0.25, -0.2) is 5.84 Å². The summed E-state index contributed by atoms with van der Waals surface area (Å²) in [5.74, 6) is 4.88. The maximum Gasteiger partial charge on any atom is 0.247 e. The molecule has 4 nitrogen and oxygen atoms in total. The fourth-order valence-corrected chi connectivity index (χ4v) is 2.46. The maximum atomic E-state index is 11.4. The smallest absolute Gasteiger partial charge is 0.247 e. The number of rotatable bonds is 4. The molecule has 0 aliphatic rings. The van der Waals surface area contributed by atoms with Crippen LogP contribution in [-0.2, 0) is 4.79 Å². The van der Waals surface area contributed by atoms with Crippen LogP contribution < -0.4 is 17.0 Å². The van der Waals surface area contributed by atoms with Crippen molar-refractivity contribution in [2.24, 2.45) is 5.84 Å². The Morgan fingerprint density at radius 2 is 2.31 bits per heavy atom. The van der Waals surface area contributed by atoms with E-state index in [2.05, 4.69) is 5.43 Å². The summed E-state index contributed by atoms with van der Waals surface area (Å²) in [4.78, 5) is 12.2. The zero-order valence-electron chi connectivity index (χ0n) is 8.87. The first-order valence-electron chi connectivity index (χ1n) is 4.80. The minimum Gasteiger partial charge on any atom is -0.398 e. The van der Waals surface area contributed by atoms with Gasteiger partial charge in [-0.3, -0.25) is 10.2 Å². The summed E-state index contributed by atoms with van der Waals surface area (Å²) in [6.07, 6.45) is 0.666. The maximum absolute atomic E-state index is 11.4. The van der Waals surface area contributed by atoms with Crippen LogP contribution >= 0.6 is 23.4 Å². The Hall–Kier alpha value is -0.910. The van der Waals surface area contributed by atoms with Crippen molar-refractivity contribution in [2.75, 3.05) is 5.73 Å². The molecular weight excluding hydrogens is 246 g/mol. The van der Waals surface area contributed by atoms with Crippen LogP contribution in [0.15, 0.2) is 23.1 Å².